The van der Waals surface area contributed by atoms with Crippen LogP contribution in [0.2, 0.25) is 0 Å². The second kappa shape index (κ2) is 9.52. The minimum absolute atomic E-state index is 0.0225. The Hall–Kier alpha value is -1.75. The first kappa shape index (κ1) is 20.3. The van der Waals surface area contributed by atoms with Crippen LogP contribution in [0.5, 0.6) is 11.5 Å². The van der Waals surface area contributed by atoms with Gasteiger partial charge in [-0.05, 0) is 57.6 Å². The summed E-state index contributed by atoms with van der Waals surface area (Å²) in [7, 11) is 3.20. The van der Waals surface area contributed by atoms with Gasteiger partial charge in [-0.1, -0.05) is 19.9 Å². The average molecular weight is 336 g/mol. The lowest BCUT2D eigenvalue weighted by atomic mass is 9.83. The van der Waals surface area contributed by atoms with Crippen molar-refractivity contribution in [1.29, 1.82) is 0 Å². The van der Waals surface area contributed by atoms with Crippen LogP contribution in [0, 0.1) is 0 Å². The Balaban J connectivity index is 2.68. The molecule has 1 aromatic carbocycles. The fourth-order valence-corrected chi connectivity index (χ4v) is 2.62. The van der Waals surface area contributed by atoms with Gasteiger partial charge in [-0.3, -0.25) is 4.79 Å². The third kappa shape index (κ3) is 5.13. The predicted octanol–water partition coefficient (Wildman–Crippen LogP) is 2.83. The first-order chi connectivity index (χ1) is 11.4. The summed E-state index contributed by atoms with van der Waals surface area (Å²) < 4.78 is 10.6. The molecule has 0 bridgehead atoms. The first-order valence-corrected chi connectivity index (χ1v) is 8.63. The highest BCUT2D eigenvalue weighted by molar-refractivity contribution is 5.87. The molecule has 0 radical (unpaired) electrons. The van der Waals surface area contributed by atoms with E-state index in [0.717, 1.165) is 31.6 Å². The smallest absolute Gasteiger partial charge is 0.230 e. The van der Waals surface area contributed by atoms with Gasteiger partial charge in [0.05, 0.1) is 19.6 Å². The maximum Gasteiger partial charge on any atom is 0.230 e. The van der Waals surface area contributed by atoms with Crippen molar-refractivity contribution < 1.29 is 14.3 Å². The number of benzene rings is 1. The summed E-state index contributed by atoms with van der Waals surface area (Å²) in [6, 6.07) is 5.62. The van der Waals surface area contributed by atoms with Crippen LogP contribution >= 0.6 is 0 Å². The molecule has 24 heavy (non-hydrogen) atoms. The quantitative estimate of drug-likeness (QED) is 0.668. The van der Waals surface area contributed by atoms with Gasteiger partial charge in [0.15, 0.2) is 11.5 Å². The molecule has 0 saturated carbocycles. The lowest BCUT2D eigenvalue weighted by Gasteiger charge is -2.25. The fourth-order valence-electron chi connectivity index (χ4n) is 2.62. The first-order valence-electron chi connectivity index (χ1n) is 8.63. The average Bonchev–Trinajstić information content (AvgIpc) is 2.60. The Bertz CT molecular complexity index is 525. The van der Waals surface area contributed by atoms with Crippen LogP contribution in [0.1, 0.15) is 39.7 Å². The number of hydrogen-bond acceptors (Lipinski definition) is 4. The zero-order valence-electron chi connectivity index (χ0n) is 15.9. The maximum atomic E-state index is 12.6. The van der Waals surface area contributed by atoms with Gasteiger partial charge in [-0.2, -0.15) is 0 Å². The van der Waals surface area contributed by atoms with Crippen LogP contribution < -0.4 is 14.8 Å². The van der Waals surface area contributed by atoms with E-state index in [1.807, 2.05) is 32.0 Å². The molecule has 1 N–H and O–H groups in total. The van der Waals surface area contributed by atoms with Crippen molar-refractivity contribution in [3.05, 3.63) is 23.8 Å². The molecular weight excluding hydrogens is 304 g/mol. The second-order valence-electron chi connectivity index (χ2n) is 6.33. The molecule has 0 fully saturated rings. The number of amides is 1. The summed E-state index contributed by atoms with van der Waals surface area (Å²) in [6.45, 7) is 11.9. The van der Waals surface area contributed by atoms with Crippen LogP contribution in [0.15, 0.2) is 18.2 Å². The standard InChI is InChI=1S/C19H32N2O3/c1-7-21(8-2)13-9-12-20-18(22)19(3,4)15-10-11-16(23-5)17(14-15)24-6/h10-11,14H,7-9,12-13H2,1-6H3,(H,20,22). The molecule has 0 atom stereocenters. The molecule has 1 amide bonds. The second-order valence-corrected chi connectivity index (χ2v) is 6.33. The van der Waals surface area contributed by atoms with Gasteiger partial charge in [-0.25, -0.2) is 0 Å². The van der Waals surface area contributed by atoms with Crippen LogP contribution in [0.4, 0.5) is 0 Å². The Morgan fingerprint density at radius 2 is 1.75 bits per heavy atom. The van der Waals surface area contributed by atoms with Crippen molar-refractivity contribution in [3.63, 3.8) is 0 Å². The Kier molecular flexibility index (Phi) is 8.05. The molecule has 0 aliphatic carbocycles. The number of nitrogens with one attached hydrogen (secondary N) is 1. The van der Waals surface area contributed by atoms with E-state index < -0.39 is 5.41 Å². The summed E-state index contributed by atoms with van der Waals surface area (Å²) in [4.78, 5) is 15.0. The van der Waals surface area contributed by atoms with Crippen LogP contribution in [-0.2, 0) is 10.2 Å². The van der Waals surface area contributed by atoms with Crippen LogP contribution in [0.3, 0.4) is 0 Å². The van der Waals surface area contributed by atoms with E-state index in [-0.39, 0.29) is 5.91 Å². The monoisotopic (exact) mass is 336 g/mol. The summed E-state index contributed by atoms with van der Waals surface area (Å²) in [5.74, 6) is 1.32. The van der Waals surface area contributed by atoms with E-state index in [0.29, 0.717) is 18.0 Å². The number of carbonyl (C=O) groups excluding carboxylic acids is 1. The molecular formula is C19H32N2O3. The van der Waals surface area contributed by atoms with E-state index in [9.17, 15) is 4.79 Å². The van der Waals surface area contributed by atoms with Gasteiger partial charge in [-0.15, -0.1) is 0 Å². The van der Waals surface area contributed by atoms with Crippen LogP contribution in [-0.4, -0.2) is 51.2 Å². The van der Waals surface area contributed by atoms with Crippen LogP contribution in [0.25, 0.3) is 0 Å². The Labute approximate surface area is 146 Å². The van der Waals surface area contributed by atoms with E-state index in [1.165, 1.54) is 0 Å². The van der Waals surface area contributed by atoms with Crippen molar-refractivity contribution in [2.45, 2.75) is 39.5 Å². The molecule has 136 valence electrons. The van der Waals surface area contributed by atoms with E-state index in [1.54, 1.807) is 14.2 Å². The number of nitrogens with zero attached hydrogens (tertiary/aromatic N) is 1. The summed E-state index contributed by atoms with van der Waals surface area (Å²) in [5.41, 5.74) is 0.274. The largest absolute Gasteiger partial charge is 0.493 e. The number of methoxy groups -OCH3 is 2. The zero-order chi connectivity index (χ0) is 18.2. The number of rotatable bonds is 10. The summed E-state index contributed by atoms with van der Waals surface area (Å²) >= 11 is 0. The molecule has 1 rings (SSSR count). The van der Waals surface area contributed by atoms with Gasteiger partial charge >= 0.3 is 0 Å². The van der Waals surface area contributed by atoms with Crippen molar-refractivity contribution >= 4 is 5.91 Å². The van der Waals surface area contributed by atoms with Crippen molar-refractivity contribution in [2.24, 2.45) is 0 Å². The molecule has 0 saturated heterocycles. The van der Waals surface area contributed by atoms with Crippen molar-refractivity contribution in [2.75, 3.05) is 40.4 Å². The fraction of sp³-hybridized carbons (Fsp3) is 0.632. The maximum absolute atomic E-state index is 12.6. The van der Waals surface area contributed by atoms with Gasteiger partial charge in [0.1, 0.15) is 0 Å². The third-order valence-electron chi connectivity index (χ3n) is 4.50. The molecule has 5 heteroatoms. The highest BCUT2D eigenvalue weighted by Crippen LogP contribution is 2.33. The highest BCUT2D eigenvalue weighted by Gasteiger charge is 2.30. The van der Waals surface area contributed by atoms with Gasteiger partial charge in [0.25, 0.3) is 0 Å². The number of ether oxygens (including phenoxy) is 2. The highest BCUT2D eigenvalue weighted by atomic mass is 16.5. The molecule has 1 aromatic rings. The minimum atomic E-state index is -0.630. The summed E-state index contributed by atoms with van der Waals surface area (Å²) in [5, 5.41) is 3.05. The molecule has 0 heterocycles. The minimum Gasteiger partial charge on any atom is -0.493 e. The molecule has 0 spiro atoms. The van der Waals surface area contributed by atoms with E-state index in [2.05, 4.69) is 24.1 Å². The lowest BCUT2D eigenvalue weighted by Crippen LogP contribution is -2.41. The molecule has 0 aromatic heterocycles. The molecule has 0 aliphatic heterocycles. The summed E-state index contributed by atoms with van der Waals surface area (Å²) in [6.07, 6.45) is 0.954. The van der Waals surface area contributed by atoms with E-state index >= 15 is 0 Å². The zero-order valence-corrected chi connectivity index (χ0v) is 15.9. The van der Waals surface area contributed by atoms with Crippen molar-refractivity contribution in [3.8, 4) is 11.5 Å². The molecule has 0 unspecified atom stereocenters. The SMILES string of the molecule is CCN(CC)CCCNC(=O)C(C)(C)c1ccc(OC)c(OC)c1. The Morgan fingerprint density at radius 1 is 1.12 bits per heavy atom. The van der Waals surface area contributed by atoms with Crippen molar-refractivity contribution in [1.82, 2.24) is 10.2 Å². The topological polar surface area (TPSA) is 50.8 Å². The normalized spacial score (nSPS) is 11.5. The molecule has 0 aliphatic rings. The van der Waals surface area contributed by atoms with Gasteiger partial charge < -0.3 is 19.7 Å². The molecule has 5 nitrogen and oxygen atoms in total. The van der Waals surface area contributed by atoms with Gasteiger partial charge in [0.2, 0.25) is 5.91 Å². The number of hydrogen-bond donors (Lipinski definition) is 1. The predicted molar refractivity (Wildman–Crippen MR) is 98.0 cm³/mol. The van der Waals surface area contributed by atoms with Gasteiger partial charge in [0, 0.05) is 6.54 Å². The lowest BCUT2D eigenvalue weighted by molar-refractivity contribution is -0.125. The van der Waals surface area contributed by atoms with E-state index in [4.69, 9.17) is 9.47 Å². The Morgan fingerprint density at radius 3 is 2.29 bits per heavy atom. The number of carbonyl (C=O) groups is 1. The third-order valence-corrected chi connectivity index (χ3v) is 4.50.